The number of pyridine rings is 1. The number of halogens is 1. The number of nitrogens with zero attached hydrogens (tertiary/aromatic N) is 4. The van der Waals surface area contributed by atoms with Crippen LogP contribution >= 0.6 is 0 Å². The Morgan fingerprint density at radius 1 is 1.14 bits per heavy atom. The average molecular weight is 479 g/mol. The highest BCUT2D eigenvalue weighted by atomic mass is 19.1. The molecule has 0 amide bonds. The molecular weight excluding hydrogens is 443 g/mol. The maximum Gasteiger partial charge on any atom is 0.253 e. The molecule has 4 rings (SSSR count). The molecule has 0 aliphatic heterocycles. The summed E-state index contributed by atoms with van der Waals surface area (Å²) >= 11 is 0. The Kier molecular flexibility index (Phi) is 8.29. The van der Waals surface area contributed by atoms with Crippen LogP contribution in [-0.4, -0.2) is 33.7 Å². The van der Waals surface area contributed by atoms with Gasteiger partial charge in [-0.05, 0) is 80.0 Å². The maximum atomic E-state index is 13.1. The molecular formula is C28H35FN4O2. The summed E-state index contributed by atoms with van der Waals surface area (Å²) in [6.45, 7) is 8.95. The quantitative estimate of drug-likeness (QED) is 0.348. The molecule has 0 radical (unpaired) electrons. The second kappa shape index (κ2) is 11.6. The van der Waals surface area contributed by atoms with E-state index < -0.39 is 0 Å². The van der Waals surface area contributed by atoms with E-state index in [1.165, 1.54) is 23.3 Å². The summed E-state index contributed by atoms with van der Waals surface area (Å²) in [5, 5.41) is 8.40. The van der Waals surface area contributed by atoms with E-state index in [1.807, 2.05) is 18.5 Å². The summed E-state index contributed by atoms with van der Waals surface area (Å²) in [5.74, 6) is 3.40. The highest BCUT2D eigenvalue weighted by Gasteiger charge is 2.33. The summed E-state index contributed by atoms with van der Waals surface area (Å²) in [5.41, 5.74) is 2.63. The second-order valence-electron chi connectivity index (χ2n) is 10.0. The van der Waals surface area contributed by atoms with Gasteiger partial charge >= 0.3 is 0 Å². The monoisotopic (exact) mass is 478 g/mol. The number of aromatic nitrogens is 3. The molecule has 0 saturated carbocycles. The van der Waals surface area contributed by atoms with Crippen LogP contribution in [0.4, 0.5) is 4.39 Å². The van der Waals surface area contributed by atoms with Crippen molar-refractivity contribution in [3.8, 4) is 5.75 Å². The Morgan fingerprint density at radius 2 is 1.91 bits per heavy atom. The fourth-order valence-corrected chi connectivity index (χ4v) is 5.03. The van der Waals surface area contributed by atoms with Gasteiger partial charge in [0.15, 0.2) is 6.61 Å². The average Bonchev–Trinajstić information content (AvgIpc) is 3.28. The number of ether oxygens (including phenoxy) is 1. The molecule has 2 heterocycles. The fourth-order valence-electron chi connectivity index (χ4n) is 5.03. The Balaban J connectivity index is 1.36. The van der Waals surface area contributed by atoms with Crippen molar-refractivity contribution in [3.63, 3.8) is 0 Å². The molecule has 0 N–H and O–H groups in total. The van der Waals surface area contributed by atoms with Crippen LogP contribution in [0.1, 0.15) is 44.5 Å². The van der Waals surface area contributed by atoms with Crippen molar-refractivity contribution in [2.45, 2.75) is 46.8 Å². The smallest absolute Gasteiger partial charge is 0.253 e. The Morgan fingerprint density at radius 3 is 2.63 bits per heavy atom. The summed E-state index contributed by atoms with van der Waals surface area (Å²) in [7, 11) is 2.19. The van der Waals surface area contributed by atoms with Gasteiger partial charge in [0.1, 0.15) is 11.6 Å². The van der Waals surface area contributed by atoms with Crippen LogP contribution < -0.4 is 4.74 Å². The molecule has 1 aliphatic rings. The van der Waals surface area contributed by atoms with Gasteiger partial charge in [-0.15, -0.1) is 10.2 Å². The minimum Gasteiger partial charge on any atom is -0.484 e. The van der Waals surface area contributed by atoms with Gasteiger partial charge in [-0.25, -0.2) is 4.39 Å². The predicted octanol–water partition coefficient (Wildman–Crippen LogP) is 5.71. The molecule has 0 spiro atoms. The van der Waals surface area contributed by atoms with Crippen LogP contribution in [0.2, 0.25) is 0 Å². The molecule has 3 aromatic rings. The van der Waals surface area contributed by atoms with Gasteiger partial charge in [0.05, 0.1) is 0 Å². The van der Waals surface area contributed by atoms with Gasteiger partial charge in [0.2, 0.25) is 5.89 Å². The van der Waals surface area contributed by atoms with E-state index in [2.05, 4.69) is 60.0 Å². The van der Waals surface area contributed by atoms with E-state index in [-0.39, 0.29) is 12.4 Å². The maximum absolute atomic E-state index is 13.1. The number of rotatable bonds is 10. The zero-order valence-electron chi connectivity index (χ0n) is 21.0. The number of hydrogen-bond acceptors (Lipinski definition) is 6. The highest BCUT2D eigenvalue weighted by molar-refractivity contribution is 5.22. The largest absolute Gasteiger partial charge is 0.484 e. The van der Waals surface area contributed by atoms with Crippen molar-refractivity contribution in [2.75, 3.05) is 13.6 Å². The summed E-state index contributed by atoms with van der Waals surface area (Å²) in [4.78, 5) is 6.64. The van der Waals surface area contributed by atoms with Gasteiger partial charge in [-0.1, -0.05) is 31.6 Å². The molecule has 0 fully saturated rings. The molecule has 0 saturated heterocycles. The lowest BCUT2D eigenvalue weighted by atomic mass is 9.69. The number of allylic oxidation sites excluding steroid dienone is 1. The Hall–Kier alpha value is -3.06. The van der Waals surface area contributed by atoms with Gasteiger partial charge in [0, 0.05) is 31.9 Å². The first-order valence-corrected chi connectivity index (χ1v) is 12.3. The normalized spacial score (nSPS) is 20.3. The minimum absolute atomic E-state index is 0.165. The van der Waals surface area contributed by atoms with Crippen molar-refractivity contribution in [1.82, 2.24) is 20.1 Å². The fraction of sp³-hybridized carbons (Fsp3) is 0.464. The Bertz CT molecular complexity index is 1100. The third-order valence-corrected chi connectivity index (χ3v) is 6.89. The highest BCUT2D eigenvalue weighted by Crippen LogP contribution is 2.39. The van der Waals surface area contributed by atoms with Crippen LogP contribution in [0.15, 0.2) is 64.9 Å². The van der Waals surface area contributed by atoms with Crippen LogP contribution in [0.5, 0.6) is 5.75 Å². The van der Waals surface area contributed by atoms with Crippen LogP contribution in [0.25, 0.3) is 0 Å². The first-order valence-electron chi connectivity index (χ1n) is 12.3. The molecule has 186 valence electrons. The van der Waals surface area contributed by atoms with Crippen molar-refractivity contribution in [1.29, 1.82) is 0 Å². The summed E-state index contributed by atoms with van der Waals surface area (Å²) in [6, 6.07) is 10.0. The van der Waals surface area contributed by atoms with Gasteiger partial charge in [-0.2, -0.15) is 0 Å². The molecule has 0 bridgehead atoms. The van der Waals surface area contributed by atoms with Crippen molar-refractivity contribution < 1.29 is 13.5 Å². The van der Waals surface area contributed by atoms with Crippen molar-refractivity contribution in [3.05, 3.63) is 83.6 Å². The first-order chi connectivity index (χ1) is 16.9. The van der Waals surface area contributed by atoms with Crippen LogP contribution in [0.3, 0.4) is 0 Å². The lowest BCUT2D eigenvalue weighted by Crippen LogP contribution is -2.35. The van der Waals surface area contributed by atoms with E-state index in [0.29, 0.717) is 41.2 Å². The third kappa shape index (κ3) is 6.98. The summed E-state index contributed by atoms with van der Waals surface area (Å²) in [6.07, 6.45) is 8.06. The lowest BCUT2D eigenvalue weighted by Gasteiger charge is -2.38. The topological polar surface area (TPSA) is 64.3 Å². The molecule has 1 aliphatic carbocycles. The van der Waals surface area contributed by atoms with E-state index >= 15 is 0 Å². The lowest BCUT2D eigenvalue weighted by molar-refractivity contribution is 0.172. The zero-order chi connectivity index (χ0) is 24.8. The molecule has 7 heteroatoms. The SMILES string of the molecule is CC1=CC(CN(C)Cc2cccnc2)C(C(C)C)CC1Cc1nnc(COc2ccc(F)cc2)o1. The van der Waals surface area contributed by atoms with E-state index in [1.54, 1.807) is 12.1 Å². The standard InChI is InChI=1S/C28H35FN4O2/c1-19(2)26-13-22(20(3)12-23(26)17-33(4)16-21-6-5-11-30-15-21)14-27-31-32-28(35-27)18-34-25-9-7-24(29)8-10-25/h5-12,15,19,22-23,26H,13-14,16-18H2,1-4H3. The van der Waals surface area contributed by atoms with Gasteiger partial charge in [-0.3, -0.25) is 4.98 Å². The molecule has 3 atom stereocenters. The van der Waals surface area contributed by atoms with Crippen LogP contribution in [-0.2, 0) is 19.6 Å². The predicted molar refractivity (Wildman–Crippen MR) is 133 cm³/mol. The molecule has 6 nitrogen and oxygen atoms in total. The van der Waals surface area contributed by atoms with Gasteiger partial charge < -0.3 is 14.1 Å². The molecule has 1 aromatic carbocycles. The second-order valence-corrected chi connectivity index (χ2v) is 10.0. The summed E-state index contributed by atoms with van der Waals surface area (Å²) < 4.78 is 24.6. The van der Waals surface area contributed by atoms with Crippen LogP contribution in [0, 0.1) is 29.5 Å². The van der Waals surface area contributed by atoms with E-state index in [9.17, 15) is 4.39 Å². The van der Waals surface area contributed by atoms with E-state index in [4.69, 9.17) is 9.15 Å². The molecule has 2 aromatic heterocycles. The third-order valence-electron chi connectivity index (χ3n) is 6.89. The van der Waals surface area contributed by atoms with E-state index in [0.717, 1.165) is 25.9 Å². The molecule has 35 heavy (non-hydrogen) atoms. The minimum atomic E-state index is -0.296. The number of hydrogen-bond donors (Lipinski definition) is 0. The number of benzene rings is 1. The Labute approximate surface area is 207 Å². The first kappa shape index (κ1) is 25.0. The zero-order valence-corrected chi connectivity index (χ0v) is 21.0. The molecule has 3 unspecified atom stereocenters. The van der Waals surface area contributed by atoms with Crippen molar-refractivity contribution >= 4 is 0 Å². The van der Waals surface area contributed by atoms with Crippen molar-refractivity contribution in [2.24, 2.45) is 23.7 Å². The van der Waals surface area contributed by atoms with Gasteiger partial charge in [0.25, 0.3) is 5.89 Å².